The van der Waals surface area contributed by atoms with Crippen molar-refractivity contribution in [3.05, 3.63) is 65.5 Å². The number of urea groups is 1. The lowest BCUT2D eigenvalue weighted by Crippen LogP contribution is -2.55. The van der Waals surface area contributed by atoms with E-state index in [1.807, 2.05) is 0 Å². The van der Waals surface area contributed by atoms with Crippen LogP contribution in [0.4, 0.5) is 28.0 Å². The Balaban J connectivity index is 2.15. The minimum absolute atomic E-state index is 0.0151. The molecule has 0 spiro atoms. The number of amides is 3. The number of benzene rings is 2. The third kappa shape index (κ3) is 2.54. The number of hydrogen-bond acceptors (Lipinski definition) is 2. The number of nitrogens with zero attached hydrogens (tertiary/aromatic N) is 1. The van der Waals surface area contributed by atoms with Crippen LogP contribution >= 0.6 is 0 Å². The number of alkyl halides is 3. The molecule has 0 bridgehead atoms. The Morgan fingerprint density at radius 1 is 0.960 bits per heavy atom. The molecular weight excluding hydrogens is 340 g/mol. The number of aryl methyl sites for hydroxylation is 1. The molecule has 4 nitrogen and oxygen atoms in total. The first kappa shape index (κ1) is 16.9. The smallest absolute Gasteiger partial charge is 0.311 e. The molecule has 3 rings (SSSR count). The summed E-state index contributed by atoms with van der Waals surface area (Å²) >= 11 is 0. The Hall–Kier alpha value is -2.90. The van der Waals surface area contributed by atoms with E-state index in [-0.39, 0.29) is 5.69 Å². The van der Waals surface area contributed by atoms with Gasteiger partial charge in [-0.15, -0.1) is 0 Å². The summed E-state index contributed by atoms with van der Waals surface area (Å²) in [5.74, 6) is -2.24. The molecule has 1 aliphatic rings. The second-order valence-corrected chi connectivity index (χ2v) is 5.66. The number of carbonyl (C=O) groups excluding carboxylic acids is 2. The van der Waals surface area contributed by atoms with Gasteiger partial charge in [-0.3, -0.25) is 4.79 Å². The van der Waals surface area contributed by atoms with Crippen LogP contribution in [-0.2, 0) is 10.3 Å². The summed E-state index contributed by atoms with van der Waals surface area (Å²) in [5, 5.41) is 1.75. The Kier molecular flexibility index (Phi) is 3.78. The summed E-state index contributed by atoms with van der Waals surface area (Å²) in [4.78, 5) is 25.3. The predicted octanol–water partition coefficient (Wildman–Crippen LogP) is 3.65. The van der Waals surface area contributed by atoms with Crippen LogP contribution in [0.2, 0.25) is 0 Å². The summed E-state index contributed by atoms with van der Waals surface area (Å²) in [6.07, 6.45) is -5.11. The number of hydrogen-bond donors (Lipinski definition) is 1. The van der Waals surface area contributed by atoms with Crippen molar-refractivity contribution in [3.63, 3.8) is 0 Å². The molecule has 25 heavy (non-hydrogen) atoms. The number of carbonyl (C=O) groups is 2. The largest absolute Gasteiger partial charge is 0.425 e. The second-order valence-electron chi connectivity index (χ2n) is 5.66. The molecule has 0 aromatic heterocycles. The van der Waals surface area contributed by atoms with Crippen LogP contribution in [0.3, 0.4) is 0 Å². The average Bonchev–Trinajstić information content (AvgIpc) is 2.81. The number of anilines is 1. The molecule has 1 fully saturated rings. The van der Waals surface area contributed by atoms with Gasteiger partial charge in [-0.05, 0) is 36.8 Å². The van der Waals surface area contributed by atoms with Gasteiger partial charge in [0.25, 0.3) is 5.91 Å². The first-order valence-electron chi connectivity index (χ1n) is 7.23. The van der Waals surface area contributed by atoms with E-state index >= 15 is 0 Å². The first-order valence-corrected chi connectivity index (χ1v) is 7.23. The van der Waals surface area contributed by atoms with Gasteiger partial charge >= 0.3 is 12.2 Å². The third-order valence-electron chi connectivity index (χ3n) is 4.02. The molecule has 2 aromatic carbocycles. The molecule has 0 saturated carbocycles. The van der Waals surface area contributed by atoms with Crippen molar-refractivity contribution >= 4 is 17.6 Å². The highest BCUT2D eigenvalue weighted by Crippen LogP contribution is 2.44. The van der Waals surface area contributed by atoms with E-state index in [0.717, 1.165) is 29.8 Å². The van der Waals surface area contributed by atoms with Crippen LogP contribution in [0.1, 0.15) is 11.1 Å². The second kappa shape index (κ2) is 5.58. The molecule has 1 atom stereocenters. The summed E-state index contributed by atoms with van der Waals surface area (Å²) in [5.41, 5.74) is -2.99. The van der Waals surface area contributed by atoms with Gasteiger partial charge in [-0.1, -0.05) is 29.8 Å². The molecule has 2 aromatic rings. The first-order chi connectivity index (χ1) is 11.7. The maximum absolute atomic E-state index is 13.8. The lowest BCUT2D eigenvalue weighted by molar-refractivity contribution is -0.195. The molecule has 0 aliphatic carbocycles. The standard InChI is InChI=1S/C17H12F4N2O2/c1-10-2-8-13(9-3-10)23-14(24)16(17(19,20)21,22-15(23)25)11-4-6-12(18)7-5-11/h2-9H,1H3,(H,22,25)/t16-/m0/s1. The van der Waals surface area contributed by atoms with Crippen LogP contribution in [0.25, 0.3) is 0 Å². The predicted molar refractivity (Wildman–Crippen MR) is 81.3 cm³/mol. The van der Waals surface area contributed by atoms with Crippen molar-refractivity contribution < 1.29 is 27.2 Å². The third-order valence-corrected chi connectivity index (χ3v) is 4.02. The van der Waals surface area contributed by atoms with Crippen molar-refractivity contribution in [2.75, 3.05) is 4.90 Å². The zero-order valence-electron chi connectivity index (χ0n) is 12.9. The van der Waals surface area contributed by atoms with Crippen molar-refractivity contribution in [2.24, 2.45) is 0 Å². The summed E-state index contributed by atoms with van der Waals surface area (Å²) in [7, 11) is 0. The quantitative estimate of drug-likeness (QED) is 0.663. The molecule has 1 aliphatic heterocycles. The molecule has 1 saturated heterocycles. The van der Waals surface area contributed by atoms with E-state index in [1.54, 1.807) is 24.4 Å². The van der Waals surface area contributed by atoms with Crippen LogP contribution in [0.5, 0.6) is 0 Å². The van der Waals surface area contributed by atoms with Crippen molar-refractivity contribution in [1.29, 1.82) is 0 Å². The molecule has 0 unspecified atom stereocenters. The normalized spacial score (nSPS) is 20.8. The number of imide groups is 1. The molecule has 130 valence electrons. The molecule has 3 amide bonds. The fraction of sp³-hybridized carbons (Fsp3) is 0.176. The van der Waals surface area contributed by atoms with Crippen LogP contribution < -0.4 is 10.2 Å². The summed E-state index contributed by atoms with van der Waals surface area (Å²) in [6.45, 7) is 1.76. The maximum Gasteiger partial charge on any atom is 0.425 e. The monoisotopic (exact) mass is 352 g/mol. The number of rotatable bonds is 2. The van der Waals surface area contributed by atoms with E-state index in [4.69, 9.17) is 0 Å². The highest BCUT2D eigenvalue weighted by atomic mass is 19.4. The lowest BCUT2D eigenvalue weighted by Gasteiger charge is -2.29. The van der Waals surface area contributed by atoms with Crippen LogP contribution in [-0.4, -0.2) is 18.1 Å². The Labute approximate surface area is 140 Å². The zero-order valence-corrected chi connectivity index (χ0v) is 12.9. The van der Waals surface area contributed by atoms with E-state index in [2.05, 4.69) is 0 Å². The average molecular weight is 352 g/mol. The van der Waals surface area contributed by atoms with E-state index in [0.29, 0.717) is 4.90 Å². The Bertz CT molecular complexity index is 831. The summed E-state index contributed by atoms with van der Waals surface area (Å²) < 4.78 is 54.6. The fourth-order valence-electron chi connectivity index (χ4n) is 2.71. The zero-order chi connectivity index (χ0) is 18.4. The molecule has 1 heterocycles. The van der Waals surface area contributed by atoms with Crippen molar-refractivity contribution in [2.45, 2.75) is 18.6 Å². The molecule has 0 radical (unpaired) electrons. The van der Waals surface area contributed by atoms with Gasteiger partial charge in [0.05, 0.1) is 5.69 Å². The highest BCUT2D eigenvalue weighted by molar-refractivity contribution is 6.23. The molecule has 8 heteroatoms. The van der Waals surface area contributed by atoms with Crippen LogP contribution in [0, 0.1) is 12.7 Å². The van der Waals surface area contributed by atoms with Crippen molar-refractivity contribution in [3.8, 4) is 0 Å². The lowest BCUT2D eigenvalue weighted by atomic mass is 9.89. The van der Waals surface area contributed by atoms with Gasteiger partial charge in [0.1, 0.15) is 5.82 Å². The van der Waals surface area contributed by atoms with Crippen molar-refractivity contribution in [1.82, 2.24) is 5.32 Å². The van der Waals surface area contributed by atoms with Gasteiger partial charge in [-0.2, -0.15) is 13.2 Å². The topological polar surface area (TPSA) is 49.4 Å². The summed E-state index contributed by atoms with van der Waals surface area (Å²) in [6, 6.07) is 7.97. The number of halogens is 4. The fourth-order valence-corrected chi connectivity index (χ4v) is 2.71. The Morgan fingerprint density at radius 2 is 1.52 bits per heavy atom. The highest BCUT2D eigenvalue weighted by Gasteiger charge is 2.68. The SMILES string of the molecule is Cc1ccc(N2C(=O)N[C@](c3ccc(F)cc3)(C(F)(F)F)C2=O)cc1. The Morgan fingerprint density at radius 3 is 2.04 bits per heavy atom. The maximum atomic E-state index is 13.8. The van der Waals surface area contributed by atoms with E-state index in [9.17, 15) is 27.2 Å². The van der Waals surface area contributed by atoms with Crippen LogP contribution in [0.15, 0.2) is 48.5 Å². The molecule has 1 N–H and O–H groups in total. The molecular formula is C17H12F4N2O2. The van der Waals surface area contributed by atoms with Gasteiger partial charge in [0.15, 0.2) is 0 Å². The van der Waals surface area contributed by atoms with E-state index < -0.39 is 35.0 Å². The number of nitrogens with one attached hydrogen (secondary N) is 1. The van der Waals surface area contributed by atoms with Gasteiger partial charge < -0.3 is 5.32 Å². The van der Waals surface area contributed by atoms with Gasteiger partial charge in [0, 0.05) is 0 Å². The minimum atomic E-state index is -5.11. The minimum Gasteiger partial charge on any atom is -0.311 e. The van der Waals surface area contributed by atoms with Gasteiger partial charge in [0.2, 0.25) is 5.54 Å². The van der Waals surface area contributed by atoms with E-state index in [1.165, 1.54) is 12.1 Å². The van der Waals surface area contributed by atoms with Gasteiger partial charge in [-0.25, -0.2) is 14.1 Å².